The fraction of sp³-hybridized carbons (Fsp3) is 0.462. The highest BCUT2D eigenvalue weighted by Crippen LogP contribution is 2.24. The number of nitrogens with one attached hydrogen (secondary N) is 1. The van der Waals surface area contributed by atoms with E-state index < -0.39 is 6.36 Å². The van der Waals surface area contributed by atoms with Gasteiger partial charge in [0.05, 0.1) is 0 Å². The van der Waals surface area contributed by atoms with Gasteiger partial charge in [0.15, 0.2) is 5.78 Å². The standard InChI is InChI=1S/C13H14F3NO3/c14-13(15,16)20-11-3-1-10(2-4-11)19-8-12(18)9-5-6-17-7-9/h1-4,9,17H,5-8H2. The molecule has 110 valence electrons. The van der Waals surface area contributed by atoms with Gasteiger partial charge in [-0.1, -0.05) is 0 Å². The summed E-state index contributed by atoms with van der Waals surface area (Å²) in [5.74, 6) is -0.0385. The van der Waals surface area contributed by atoms with Gasteiger partial charge in [-0.25, -0.2) is 0 Å². The molecule has 0 bridgehead atoms. The molecule has 1 unspecified atom stereocenters. The van der Waals surface area contributed by atoms with E-state index in [1.54, 1.807) is 0 Å². The van der Waals surface area contributed by atoms with Crippen LogP contribution in [0.25, 0.3) is 0 Å². The molecule has 0 spiro atoms. The summed E-state index contributed by atoms with van der Waals surface area (Å²) in [6.07, 6.45) is -3.92. The highest BCUT2D eigenvalue weighted by atomic mass is 19.4. The summed E-state index contributed by atoms with van der Waals surface area (Å²) in [6.45, 7) is 1.40. The van der Waals surface area contributed by atoms with Gasteiger partial charge in [0, 0.05) is 12.5 Å². The Hall–Kier alpha value is -1.76. The Morgan fingerprint density at radius 1 is 1.25 bits per heavy atom. The van der Waals surface area contributed by atoms with E-state index in [-0.39, 0.29) is 24.1 Å². The van der Waals surface area contributed by atoms with Gasteiger partial charge in [0.2, 0.25) is 0 Å². The molecule has 1 N–H and O–H groups in total. The zero-order chi connectivity index (χ0) is 14.6. The molecule has 0 saturated carbocycles. The number of rotatable bonds is 5. The second-order valence-corrected chi connectivity index (χ2v) is 4.46. The van der Waals surface area contributed by atoms with Gasteiger partial charge in [-0.15, -0.1) is 13.2 Å². The van der Waals surface area contributed by atoms with Crippen LogP contribution in [0.3, 0.4) is 0 Å². The Morgan fingerprint density at radius 2 is 1.90 bits per heavy atom. The lowest BCUT2D eigenvalue weighted by Gasteiger charge is -2.11. The van der Waals surface area contributed by atoms with Crippen molar-refractivity contribution in [3.05, 3.63) is 24.3 Å². The van der Waals surface area contributed by atoms with Crippen LogP contribution < -0.4 is 14.8 Å². The normalized spacial score (nSPS) is 18.9. The third-order valence-electron chi connectivity index (χ3n) is 2.95. The number of benzene rings is 1. The van der Waals surface area contributed by atoms with Gasteiger partial charge in [-0.05, 0) is 37.2 Å². The molecule has 0 radical (unpaired) electrons. The van der Waals surface area contributed by atoms with Crippen LogP contribution in [0.5, 0.6) is 11.5 Å². The van der Waals surface area contributed by atoms with Crippen molar-refractivity contribution >= 4 is 5.78 Å². The van der Waals surface area contributed by atoms with Crippen molar-refractivity contribution < 1.29 is 27.4 Å². The predicted octanol–water partition coefficient (Wildman–Crippen LogP) is 2.14. The molecule has 1 heterocycles. The lowest BCUT2D eigenvalue weighted by molar-refractivity contribution is -0.274. The zero-order valence-corrected chi connectivity index (χ0v) is 10.6. The molecule has 1 aliphatic rings. The second-order valence-electron chi connectivity index (χ2n) is 4.46. The highest BCUT2D eigenvalue weighted by Gasteiger charge is 2.31. The maximum atomic E-state index is 12.0. The van der Waals surface area contributed by atoms with Crippen molar-refractivity contribution in [3.63, 3.8) is 0 Å². The molecule has 4 nitrogen and oxygen atoms in total. The predicted molar refractivity (Wildman–Crippen MR) is 64.6 cm³/mol. The van der Waals surface area contributed by atoms with E-state index in [1.165, 1.54) is 12.1 Å². The Bertz CT molecular complexity index is 453. The van der Waals surface area contributed by atoms with Crippen LogP contribution in [0.15, 0.2) is 24.3 Å². The van der Waals surface area contributed by atoms with E-state index in [1.807, 2.05) is 0 Å². The number of carbonyl (C=O) groups excluding carboxylic acids is 1. The van der Waals surface area contributed by atoms with Gasteiger partial charge in [-0.3, -0.25) is 4.79 Å². The number of halogens is 3. The summed E-state index contributed by atoms with van der Waals surface area (Å²) in [7, 11) is 0. The molecule has 20 heavy (non-hydrogen) atoms. The summed E-state index contributed by atoms with van der Waals surface area (Å²) >= 11 is 0. The Balaban J connectivity index is 1.83. The molecule has 0 aliphatic carbocycles. The van der Waals surface area contributed by atoms with Crippen molar-refractivity contribution in [1.29, 1.82) is 0 Å². The lowest BCUT2D eigenvalue weighted by atomic mass is 10.0. The zero-order valence-electron chi connectivity index (χ0n) is 10.6. The summed E-state index contributed by atoms with van der Waals surface area (Å²) in [5, 5.41) is 3.08. The van der Waals surface area contributed by atoms with Crippen LogP contribution in [-0.4, -0.2) is 31.8 Å². The van der Waals surface area contributed by atoms with Gasteiger partial charge < -0.3 is 14.8 Å². The fourth-order valence-corrected chi connectivity index (χ4v) is 1.94. The minimum atomic E-state index is -4.71. The molecular weight excluding hydrogens is 275 g/mol. The van der Waals surface area contributed by atoms with Crippen molar-refractivity contribution in [2.75, 3.05) is 19.7 Å². The van der Waals surface area contributed by atoms with Gasteiger partial charge in [0.25, 0.3) is 0 Å². The number of Topliss-reactive ketones (excluding diaryl/α,β-unsaturated/α-hetero) is 1. The molecule has 1 atom stereocenters. The number of hydrogen-bond acceptors (Lipinski definition) is 4. The van der Waals surface area contributed by atoms with Crippen molar-refractivity contribution in [1.82, 2.24) is 5.32 Å². The molecule has 1 aliphatic heterocycles. The fourth-order valence-electron chi connectivity index (χ4n) is 1.94. The van der Waals surface area contributed by atoms with Crippen molar-refractivity contribution in [2.24, 2.45) is 5.92 Å². The van der Waals surface area contributed by atoms with E-state index in [9.17, 15) is 18.0 Å². The first kappa shape index (κ1) is 14.6. The number of ketones is 1. The lowest BCUT2D eigenvalue weighted by Crippen LogP contribution is -2.23. The average molecular weight is 289 g/mol. The van der Waals surface area contributed by atoms with Crippen LogP contribution in [0.2, 0.25) is 0 Å². The van der Waals surface area contributed by atoms with Crippen LogP contribution in [0, 0.1) is 5.92 Å². The van der Waals surface area contributed by atoms with E-state index >= 15 is 0 Å². The SMILES string of the molecule is O=C(COc1ccc(OC(F)(F)F)cc1)C1CCNC1. The largest absolute Gasteiger partial charge is 0.573 e. The van der Waals surface area contributed by atoms with Crippen LogP contribution in [-0.2, 0) is 4.79 Å². The quantitative estimate of drug-likeness (QED) is 0.902. The highest BCUT2D eigenvalue weighted by molar-refractivity contribution is 5.83. The Kier molecular flexibility index (Phi) is 4.49. The molecular formula is C13H14F3NO3. The van der Waals surface area contributed by atoms with E-state index in [4.69, 9.17) is 4.74 Å². The smallest absolute Gasteiger partial charge is 0.486 e. The molecule has 1 saturated heterocycles. The van der Waals surface area contributed by atoms with E-state index in [0.717, 1.165) is 25.1 Å². The summed E-state index contributed by atoms with van der Waals surface area (Å²) < 4.78 is 44.9. The summed E-state index contributed by atoms with van der Waals surface area (Å²) in [4.78, 5) is 11.7. The van der Waals surface area contributed by atoms with E-state index in [0.29, 0.717) is 12.3 Å². The summed E-state index contributed by atoms with van der Waals surface area (Å²) in [6, 6.07) is 4.96. The molecule has 0 aromatic heterocycles. The Morgan fingerprint density at radius 3 is 2.45 bits per heavy atom. The first-order valence-corrected chi connectivity index (χ1v) is 6.16. The molecule has 0 amide bonds. The minimum absolute atomic E-state index is 0.00869. The van der Waals surface area contributed by atoms with Crippen molar-refractivity contribution in [2.45, 2.75) is 12.8 Å². The third-order valence-corrected chi connectivity index (χ3v) is 2.95. The first-order valence-electron chi connectivity index (χ1n) is 6.16. The van der Waals surface area contributed by atoms with Crippen LogP contribution in [0.4, 0.5) is 13.2 Å². The Labute approximate surface area is 113 Å². The number of ether oxygens (including phenoxy) is 2. The molecule has 1 fully saturated rings. The van der Waals surface area contributed by atoms with Crippen LogP contribution >= 0.6 is 0 Å². The number of hydrogen-bond donors (Lipinski definition) is 1. The molecule has 1 aromatic carbocycles. The average Bonchev–Trinajstić information content (AvgIpc) is 2.89. The van der Waals surface area contributed by atoms with Crippen molar-refractivity contribution in [3.8, 4) is 11.5 Å². The maximum absolute atomic E-state index is 12.0. The van der Waals surface area contributed by atoms with Crippen LogP contribution in [0.1, 0.15) is 6.42 Å². The first-order chi connectivity index (χ1) is 9.44. The molecule has 1 aromatic rings. The minimum Gasteiger partial charge on any atom is -0.486 e. The number of alkyl halides is 3. The molecule has 2 rings (SSSR count). The summed E-state index contributed by atoms with van der Waals surface area (Å²) in [5.41, 5.74) is 0. The molecule has 7 heteroatoms. The second kappa shape index (κ2) is 6.13. The van der Waals surface area contributed by atoms with Gasteiger partial charge in [-0.2, -0.15) is 0 Å². The topological polar surface area (TPSA) is 47.6 Å². The van der Waals surface area contributed by atoms with Gasteiger partial charge >= 0.3 is 6.36 Å². The van der Waals surface area contributed by atoms with E-state index in [2.05, 4.69) is 10.1 Å². The number of carbonyl (C=O) groups is 1. The third kappa shape index (κ3) is 4.41. The monoisotopic (exact) mass is 289 g/mol. The maximum Gasteiger partial charge on any atom is 0.573 e. The van der Waals surface area contributed by atoms with Gasteiger partial charge in [0.1, 0.15) is 18.1 Å².